The van der Waals surface area contributed by atoms with Crippen LogP contribution < -0.4 is 30.6 Å². The van der Waals surface area contributed by atoms with Crippen LogP contribution in [0.3, 0.4) is 0 Å². The molecule has 1 rings (SSSR count). The Morgan fingerprint density at radius 1 is 1.00 bits per heavy atom. The molecular formula is C16H25N3O5. The van der Waals surface area contributed by atoms with E-state index in [9.17, 15) is 9.59 Å². The molecule has 0 aliphatic rings. The minimum absolute atomic E-state index is 0.0668. The number of hydrogen-bond donors (Lipinski definition) is 3. The van der Waals surface area contributed by atoms with Gasteiger partial charge < -0.3 is 30.6 Å². The summed E-state index contributed by atoms with van der Waals surface area (Å²) in [5.74, 6) is 1.53. The van der Waals surface area contributed by atoms with Crippen molar-refractivity contribution in [1.29, 1.82) is 0 Å². The molecule has 0 aromatic heterocycles. The molecule has 1 aromatic rings. The molecule has 0 saturated carbocycles. The van der Waals surface area contributed by atoms with E-state index in [4.69, 9.17) is 19.9 Å². The van der Waals surface area contributed by atoms with Crippen molar-refractivity contribution in [3.05, 3.63) is 17.7 Å². The topological polar surface area (TPSA) is 112 Å². The molecule has 8 nitrogen and oxygen atoms in total. The van der Waals surface area contributed by atoms with Crippen LogP contribution in [0.1, 0.15) is 24.8 Å². The van der Waals surface area contributed by atoms with Gasteiger partial charge in [-0.25, -0.2) is 4.79 Å². The van der Waals surface area contributed by atoms with Crippen molar-refractivity contribution in [3.8, 4) is 17.2 Å². The molecule has 0 aliphatic carbocycles. The molecule has 0 bridgehead atoms. The summed E-state index contributed by atoms with van der Waals surface area (Å²) in [4.78, 5) is 22.3. The third-order valence-electron chi connectivity index (χ3n) is 3.34. The van der Waals surface area contributed by atoms with E-state index in [-0.39, 0.29) is 5.91 Å². The van der Waals surface area contributed by atoms with E-state index in [1.807, 2.05) is 0 Å². The van der Waals surface area contributed by atoms with E-state index < -0.39 is 6.03 Å². The maximum absolute atomic E-state index is 11.8. The number of unbranched alkanes of at least 4 members (excludes halogenated alkanes) is 1. The lowest BCUT2D eigenvalue weighted by molar-refractivity contribution is -0.121. The number of benzene rings is 1. The van der Waals surface area contributed by atoms with Crippen molar-refractivity contribution in [2.24, 2.45) is 5.73 Å². The number of methoxy groups -OCH3 is 3. The fraction of sp³-hybridized carbons (Fsp3) is 0.500. The largest absolute Gasteiger partial charge is 0.493 e. The molecule has 0 radical (unpaired) electrons. The number of nitrogens with two attached hydrogens (primary N) is 1. The Balaban J connectivity index is 2.49. The second-order valence-corrected chi connectivity index (χ2v) is 5.06. The molecule has 0 atom stereocenters. The number of urea groups is 1. The van der Waals surface area contributed by atoms with Crippen molar-refractivity contribution in [1.82, 2.24) is 10.6 Å². The van der Waals surface area contributed by atoms with Gasteiger partial charge in [-0.3, -0.25) is 4.79 Å². The van der Waals surface area contributed by atoms with Gasteiger partial charge in [-0.15, -0.1) is 0 Å². The molecule has 1 aromatic carbocycles. The quantitative estimate of drug-likeness (QED) is 0.554. The fourth-order valence-electron chi connectivity index (χ4n) is 2.15. The molecule has 0 saturated heterocycles. The summed E-state index contributed by atoms with van der Waals surface area (Å²) >= 11 is 0. The van der Waals surface area contributed by atoms with Gasteiger partial charge in [0.05, 0.1) is 21.3 Å². The van der Waals surface area contributed by atoms with Crippen LogP contribution in [0.15, 0.2) is 12.1 Å². The monoisotopic (exact) mass is 339 g/mol. The number of ether oxygens (including phenoxy) is 3. The maximum Gasteiger partial charge on any atom is 0.312 e. The number of hydrogen-bond acceptors (Lipinski definition) is 5. The van der Waals surface area contributed by atoms with E-state index in [0.29, 0.717) is 49.6 Å². The van der Waals surface area contributed by atoms with Crippen LogP contribution in [0.25, 0.3) is 0 Å². The number of carbonyl (C=O) groups is 2. The molecular weight excluding hydrogens is 314 g/mol. The third-order valence-corrected chi connectivity index (χ3v) is 3.34. The zero-order valence-corrected chi connectivity index (χ0v) is 14.3. The predicted octanol–water partition coefficient (Wildman–Crippen LogP) is 1.17. The van der Waals surface area contributed by atoms with E-state index in [2.05, 4.69) is 10.6 Å². The summed E-state index contributed by atoms with van der Waals surface area (Å²) in [6.07, 6.45) is 1.74. The highest BCUT2D eigenvalue weighted by Crippen LogP contribution is 2.38. The Hall–Kier alpha value is -2.64. The first kappa shape index (κ1) is 19.4. The molecule has 4 N–H and O–H groups in total. The molecule has 0 unspecified atom stereocenters. The average molecular weight is 339 g/mol. The van der Waals surface area contributed by atoms with E-state index in [1.54, 1.807) is 26.4 Å². The van der Waals surface area contributed by atoms with Crippen LogP contribution in [-0.2, 0) is 11.3 Å². The second-order valence-electron chi connectivity index (χ2n) is 5.06. The van der Waals surface area contributed by atoms with Crippen molar-refractivity contribution in [2.45, 2.75) is 25.8 Å². The minimum atomic E-state index is -0.554. The summed E-state index contributed by atoms with van der Waals surface area (Å²) in [5.41, 5.74) is 5.80. The van der Waals surface area contributed by atoms with Crippen molar-refractivity contribution in [3.63, 3.8) is 0 Å². The van der Waals surface area contributed by atoms with Gasteiger partial charge >= 0.3 is 6.03 Å². The Morgan fingerprint density at radius 3 is 2.12 bits per heavy atom. The lowest BCUT2D eigenvalue weighted by atomic mass is 10.1. The SMILES string of the molecule is COc1cc(CNC(=O)CCCCNC(N)=O)cc(OC)c1OC. The molecule has 0 aliphatic heterocycles. The predicted molar refractivity (Wildman–Crippen MR) is 89.4 cm³/mol. The first-order valence-electron chi connectivity index (χ1n) is 7.60. The molecule has 0 spiro atoms. The summed E-state index contributed by atoms with van der Waals surface area (Å²) in [6, 6.07) is 3.03. The van der Waals surface area contributed by atoms with Gasteiger partial charge in [-0.1, -0.05) is 0 Å². The zero-order chi connectivity index (χ0) is 17.9. The van der Waals surface area contributed by atoms with Crippen LogP contribution in [0, 0.1) is 0 Å². The average Bonchev–Trinajstić information content (AvgIpc) is 2.58. The maximum atomic E-state index is 11.8. The van der Waals surface area contributed by atoms with Gasteiger partial charge in [-0.05, 0) is 30.5 Å². The van der Waals surface area contributed by atoms with Crippen molar-refractivity contribution in [2.75, 3.05) is 27.9 Å². The number of rotatable bonds is 10. The smallest absolute Gasteiger partial charge is 0.312 e. The summed E-state index contributed by atoms with van der Waals surface area (Å²) in [6.45, 7) is 0.824. The summed E-state index contributed by atoms with van der Waals surface area (Å²) < 4.78 is 15.8. The van der Waals surface area contributed by atoms with Crippen molar-refractivity contribution >= 4 is 11.9 Å². The van der Waals surface area contributed by atoms with Crippen LogP contribution in [0.4, 0.5) is 4.79 Å². The van der Waals surface area contributed by atoms with E-state index in [0.717, 1.165) is 5.56 Å². The van der Waals surface area contributed by atoms with Gasteiger partial charge in [0.15, 0.2) is 11.5 Å². The third kappa shape index (κ3) is 6.23. The first-order valence-corrected chi connectivity index (χ1v) is 7.60. The molecule has 3 amide bonds. The highest BCUT2D eigenvalue weighted by molar-refractivity contribution is 5.76. The number of amides is 3. The van der Waals surface area contributed by atoms with E-state index >= 15 is 0 Å². The van der Waals surface area contributed by atoms with Gasteiger partial charge in [0.1, 0.15) is 0 Å². The molecule has 0 heterocycles. The number of nitrogens with one attached hydrogen (secondary N) is 2. The Kier molecular flexibility index (Phi) is 8.24. The molecule has 0 fully saturated rings. The lowest BCUT2D eigenvalue weighted by Crippen LogP contribution is -2.30. The number of primary amides is 1. The van der Waals surface area contributed by atoms with Gasteiger partial charge in [-0.2, -0.15) is 0 Å². The molecule has 8 heteroatoms. The Labute approximate surface area is 141 Å². The fourth-order valence-corrected chi connectivity index (χ4v) is 2.15. The zero-order valence-electron chi connectivity index (χ0n) is 14.3. The van der Waals surface area contributed by atoms with E-state index in [1.165, 1.54) is 7.11 Å². The Bertz CT molecular complexity index is 538. The highest BCUT2D eigenvalue weighted by Gasteiger charge is 2.13. The minimum Gasteiger partial charge on any atom is -0.493 e. The molecule has 24 heavy (non-hydrogen) atoms. The highest BCUT2D eigenvalue weighted by atomic mass is 16.5. The number of carbonyl (C=O) groups excluding carboxylic acids is 2. The molecule has 134 valence electrons. The van der Waals surface area contributed by atoms with Crippen LogP contribution in [0.2, 0.25) is 0 Å². The van der Waals surface area contributed by atoms with Gasteiger partial charge in [0.25, 0.3) is 0 Å². The lowest BCUT2D eigenvalue weighted by Gasteiger charge is -2.14. The van der Waals surface area contributed by atoms with Crippen LogP contribution in [0.5, 0.6) is 17.2 Å². The van der Waals surface area contributed by atoms with Crippen LogP contribution in [-0.4, -0.2) is 39.8 Å². The normalized spacial score (nSPS) is 9.96. The second kappa shape index (κ2) is 10.2. The summed E-state index contributed by atoms with van der Waals surface area (Å²) in [7, 11) is 4.62. The first-order chi connectivity index (χ1) is 11.5. The standard InChI is InChI=1S/C16H25N3O5/c1-22-12-8-11(9-13(23-2)15(12)24-3)10-19-14(20)6-4-5-7-18-16(17)21/h8-9H,4-7,10H2,1-3H3,(H,19,20)(H3,17,18,21). The van der Waals surface area contributed by atoms with Crippen molar-refractivity contribution < 1.29 is 23.8 Å². The Morgan fingerprint density at radius 2 is 1.62 bits per heavy atom. The van der Waals surface area contributed by atoms with Crippen LogP contribution >= 0.6 is 0 Å². The summed E-state index contributed by atoms with van der Waals surface area (Å²) in [5, 5.41) is 5.32. The van der Waals surface area contributed by atoms with Gasteiger partial charge in [0, 0.05) is 19.5 Å². The van der Waals surface area contributed by atoms with Gasteiger partial charge in [0.2, 0.25) is 11.7 Å².